The molecule has 1 aromatic heterocycles. The summed E-state index contributed by atoms with van der Waals surface area (Å²) in [5.41, 5.74) is 2.81. The predicted octanol–water partition coefficient (Wildman–Crippen LogP) is 3.93. The van der Waals surface area contributed by atoms with Crippen molar-refractivity contribution >= 4 is 11.9 Å². The highest BCUT2D eigenvalue weighted by molar-refractivity contribution is 5.86. The third-order valence-electron chi connectivity index (χ3n) is 6.79. The maximum atomic E-state index is 13.9. The van der Waals surface area contributed by atoms with Crippen LogP contribution in [0, 0.1) is 5.82 Å². The Balaban J connectivity index is 1.42. The van der Waals surface area contributed by atoms with Crippen LogP contribution in [0.15, 0.2) is 91.1 Å². The molecule has 0 saturated carbocycles. The molecule has 1 aliphatic heterocycles. The van der Waals surface area contributed by atoms with Crippen LogP contribution < -0.4 is 5.32 Å². The average molecular weight is 514 g/mol. The largest absolute Gasteiger partial charge is 0.464 e. The number of carbonyl (C=O) groups excluding carboxylic acids is 2. The highest BCUT2D eigenvalue weighted by Crippen LogP contribution is 2.30. The second-order valence-corrected chi connectivity index (χ2v) is 9.30. The first-order chi connectivity index (χ1) is 18.5. The lowest BCUT2D eigenvalue weighted by Crippen LogP contribution is -2.44. The summed E-state index contributed by atoms with van der Waals surface area (Å²) in [5, 5.41) is 11.3. The summed E-state index contributed by atoms with van der Waals surface area (Å²) in [6.07, 6.45) is 1.98. The lowest BCUT2D eigenvalue weighted by molar-refractivity contribution is -0.126. The Morgan fingerprint density at radius 1 is 1.03 bits per heavy atom. The Morgan fingerprint density at radius 2 is 1.71 bits per heavy atom. The van der Waals surface area contributed by atoms with Gasteiger partial charge in [-0.1, -0.05) is 78.0 Å². The third kappa shape index (κ3) is 5.63. The average Bonchev–Trinajstić information content (AvgIpc) is 3.60. The van der Waals surface area contributed by atoms with Gasteiger partial charge in [-0.15, -0.1) is 5.10 Å². The molecule has 1 amide bonds. The molecule has 3 aromatic carbocycles. The number of benzene rings is 3. The van der Waals surface area contributed by atoms with E-state index in [1.807, 2.05) is 71.6 Å². The molecule has 194 valence electrons. The summed E-state index contributed by atoms with van der Waals surface area (Å²) >= 11 is 0. The highest BCUT2D eigenvalue weighted by atomic mass is 19.1. The second-order valence-electron chi connectivity index (χ2n) is 9.30. The molecule has 1 aliphatic rings. The number of rotatable bonds is 8. The van der Waals surface area contributed by atoms with E-state index in [0.29, 0.717) is 19.5 Å². The minimum Gasteiger partial charge on any atom is -0.464 e. The molecule has 0 spiro atoms. The van der Waals surface area contributed by atoms with Crippen LogP contribution in [0.4, 0.5) is 4.39 Å². The van der Waals surface area contributed by atoms with Crippen molar-refractivity contribution in [3.05, 3.63) is 119 Å². The van der Waals surface area contributed by atoms with Gasteiger partial charge in [0.1, 0.15) is 5.82 Å². The van der Waals surface area contributed by atoms with Gasteiger partial charge in [0.2, 0.25) is 5.91 Å². The molecule has 9 heteroatoms. The Bertz CT molecular complexity index is 1360. The number of hydrogen-bond acceptors (Lipinski definition) is 6. The number of carbonyl (C=O) groups is 2. The van der Waals surface area contributed by atoms with Gasteiger partial charge in [0.25, 0.3) is 0 Å². The van der Waals surface area contributed by atoms with Gasteiger partial charge in [0, 0.05) is 13.1 Å². The van der Waals surface area contributed by atoms with Crippen LogP contribution in [0.1, 0.15) is 45.7 Å². The molecule has 0 unspecified atom stereocenters. The zero-order valence-corrected chi connectivity index (χ0v) is 20.9. The Labute approximate surface area is 220 Å². The number of likely N-dealkylation sites (tertiary alicyclic amines) is 1. The number of amides is 1. The molecule has 0 bridgehead atoms. The Kier molecular flexibility index (Phi) is 7.55. The van der Waals surface area contributed by atoms with E-state index in [9.17, 15) is 14.0 Å². The van der Waals surface area contributed by atoms with Gasteiger partial charge in [-0.25, -0.2) is 13.9 Å². The first-order valence-electron chi connectivity index (χ1n) is 12.4. The first kappa shape index (κ1) is 25.3. The minimum atomic E-state index is -0.575. The van der Waals surface area contributed by atoms with Gasteiger partial charge < -0.3 is 10.1 Å². The number of ether oxygens (including phenoxy) is 1. The van der Waals surface area contributed by atoms with Crippen LogP contribution in [0.3, 0.4) is 0 Å². The lowest BCUT2D eigenvalue weighted by Gasteiger charge is -2.27. The summed E-state index contributed by atoms with van der Waals surface area (Å²) in [6.45, 7) is 0.853. The lowest BCUT2D eigenvalue weighted by atomic mass is 9.98. The standard InChI is InChI=1S/C29H28FN5O3/c1-38-29(37)25-19-35(33-32-25)24-16-26(34(18-24)17-20-9-8-14-23(30)15-20)28(36)31-27(21-10-4-2-5-11-21)22-12-6-3-7-13-22/h2-15,19,24,26-27H,16-18H2,1H3,(H,31,36)/t24-,26+/m1/s1. The molecular weight excluding hydrogens is 485 g/mol. The normalized spacial score (nSPS) is 17.4. The maximum absolute atomic E-state index is 13.9. The Morgan fingerprint density at radius 3 is 2.34 bits per heavy atom. The molecular formula is C29H28FN5O3. The first-order valence-corrected chi connectivity index (χ1v) is 12.4. The predicted molar refractivity (Wildman–Crippen MR) is 138 cm³/mol. The second kappa shape index (κ2) is 11.4. The summed E-state index contributed by atoms with van der Waals surface area (Å²) in [4.78, 5) is 27.8. The molecule has 0 aliphatic carbocycles. The highest BCUT2D eigenvalue weighted by Gasteiger charge is 2.39. The zero-order chi connectivity index (χ0) is 26.5. The van der Waals surface area contributed by atoms with Crippen molar-refractivity contribution in [3.63, 3.8) is 0 Å². The van der Waals surface area contributed by atoms with Crippen LogP contribution in [0.25, 0.3) is 0 Å². The quantitative estimate of drug-likeness (QED) is 0.359. The van der Waals surface area contributed by atoms with E-state index in [4.69, 9.17) is 4.74 Å². The Hall–Kier alpha value is -4.37. The van der Waals surface area contributed by atoms with Crippen LogP contribution in [0.5, 0.6) is 0 Å². The van der Waals surface area contributed by atoms with Gasteiger partial charge in [-0.3, -0.25) is 9.69 Å². The molecule has 2 heterocycles. The fourth-order valence-corrected chi connectivity index (χ4v) is 4.93. The smallest absolute Gasteiger partial charge is 0.360 e. The topological polar surface area (TPSA) is 89.4 Å². The van der Waals surface area contributed by atoms with Crippen molar-refractivity contribution in [1.82, 2.24) is 25.2 Å². The molecule has 0 radical (unpaired) electrons. The fourth-order valence-electron chi connectivity index (χ4n) is 4.93. The molecule has 2 atom stereocenters. The molecule has 8 nitrogen and oxygen atoms in total. The minimum absolute atomic E-state index is 0.102. The number of nitrogens with one attached hydrogen (secondary N) is 1. The van der Waals surface area contributed by atoms with Crippen molar-refractivity contribution < 1.29 is 18.7 Å². The van der Waals surface area contributed by atoms with Gasteiger partial charge >= 0.3 is 5.97 Å². The summed E-state index contributed by atoms with van der Waals surface area (Å²) in [7, 11) is 1.29. The number of aromatic nitrogens is 3. The van der Waals surface area contributed by atoms with Gasteiger partial charge in [0.05, 0.1) is 31.4 Å². The molecule has 1 N–H and O–H groups in total. The molecule has 4 aromatic rings. The number of hydrogen-bond donors (Lipinski definition) is 1. The number of halogens is 1. The zero-order valence-electron chi connectivity index (χ0n) is 20.9. The van der Waals surface area contributed by atoms with E-state index in [1.165, 1.54) is 25.4 Å². The number of methoxy groups -OCH3 is 1. The fraction of sp³-hybridized carbons (Fsp3) is 0.241. The summed E-state index contributed by atoms with van der Waals surface area (Å²) < 4.78 is 20.3. The molecule has 5 rings (SSSR count). The monoisotopic (exact) mass is 513 g/mol. The van der Waals surface area contributed by atoms with E-state index < -0.39 is 12.0 Å². The third-order valence-corrected chi connectivity index (χ3v) is 6.79. The maximum Gasteiger partial charge on any atom is 0.360 e. The number of esters is 1. The van der Waals surface area contributed by atoms with E-state index in [0.717, 1.165) is 16.7 Å². The van der Waals surface area contributed by atoms with Crippen LogP contribution in [-0.4, -0.2) is 51.5 Å². The number of nitrogens with zero attached hydrogens (tertiary/aromatic N) is 4. The summed E-state index contributed by atoms with van der Waals surface area (Å²) in [5.74, 6) is -1.05. The molecule has 1 saturated heterocycles. The van der Waals surface area contributed by atoms with Gasteiger partial charge in [0.15, 0.2) is 5.69 Å². The molecule has 1 fully saturated rings. The van der Waals surface area contributed by atoms with E-state index in [1.54, 1.807) is 10.7 Å². The van der Waals surface area contributed by atoms with Crippen molar-refractivity contribution in [2.24, 2.45) is 0 Å². The van der Waals surface area contributed by atoms with Crippen LogP contribution in [0.2, 0.25) is 0 Å². The van der Waals surface area contributed by atoms with Gasteiger partial charge in [-0.2, -0.15) is 0 Å². The van der Waals surface area contributed by atoms with E-state index >= 15 is 0 Å². The van der Waals surface area contributed by atoms with E-state index in [-0.39, 0.29) is 29.5 Å². The van der Waals surface area contributed by atoms with Crippen LogP contribution >= 0.6 is 0 Å². The SMILES string of the molecule is COC(=O)c1cn([C@@H]2C[C@@H](C(=O)NC(c3ccccc3)c3ccccc3)N(Cc3cccc(F)c3)C2)nn1. The van der Waals surface area contributed by atoms with Crippen LogP contribution in [-0.2, 0) is 16.1 Å². The van der Waals surface area contributed by atoms with Crippen molar-refractivity contribution in [1.29, 1.82) is 0 Å². The summed E-state index contributed by atoms with van der Waals surface area (Å²) in [6, 6.07) is 24.9. The van der Waals surface area contributed by atoms with Crippen molar-refractivity contribution in [2.75, 3.05) is 13.7 Å². The van der Waals surface area contributed by atoms with E-state index in [2.05, 4.69) is 15.6 Å². The van der Waals surface area contributed by atoms with Crippen molar-refractivity contribution in [3.8, 4) is 0 Å². The molecule has 38 heavy (non-hydrogen) atoms. The van der Waals surface area contributed by atoms with Crippen molar-refractivity contribution in [2.45, 2.75) is 31.1 Å². The van der Waals surface area contributed by atoms with Gasteiger partial charge in [-0.05, 0) is 35.2 Å².